The number of hydrogen-bond acceptors (Lipinski definition) is 1. The van der Waals surface area contributed by atoms with Crippen molar-refractivity contribution in [2.24, 2.45) is 0 Å². The van der Waals surface area contributed by atoms with Gasteiger partial charge in [-0.05, 0) is 30.5 Å². The fraction of sp³-hybridized carbons (Fsp3) is 0.143. The van der Waals surface area contributed by atoms with E-state index in [1.807, 2.05) is 17.8 Å². The Morgan fingerprint density at radius 2 is 2.13 bits per heavy atom. The third-order valence-corrected chi connectivity index (χ3v) is 3.69. The number of allylic oxidation sites excluding steroid dienone is 4. The van der Waals surface area contributed by atoms with Crippen LogP contribution in [0.5, 0.6) is 0 Å². The van der Waals surface area contributed by atoms with Gasteiger partial charge in [0.2, 0.25) is 0 Å². The Morgan fingerprint density at radius 3 is 2.87 bits per heavy atom. The van der Waals surface area contributed by atoms with Crippen LogP contribution < -0.4 is 0 Å². The molecule has 0 amide bonds. The Kier molecular flexibility index (Phi) is 3.12. The van der Waals surface area contributed by atoms with Crippen LogP contribution in [0.2, 0.25) is 0 Å². The first-order valence-electron chi connectivity index (χ1n) is 5.09. The van der Waals surface area contributed by atoms with Crippen LogP contribution in [0.1, 0.15) is 12.5 Å². The van der Waals surface area contributed by atoms with Gasteiger partial charge in [-0.2, -0.15) is 0 Å². The van der Waals surface area contributed by atoms with E-state index in [1.165, 1.54) is 20.9 Å². The molecule has 0 N–H and O–H groups in total. The zero-order valence-electron chi connectivity index (χ0n) is 8.86. The van der Waals surface area contributed by atoms with Crippen molar-refractivity contribution in [3.8, 4) is 0 Å². The third kappa shape index (κ3) is 2.07. The van der Waals surface area contributed by atoms with Crippen LogP contribution in [0.15, 0.2) is 64.4 Å². The molecule has 0 unspecified atom stereocenters. The first-order valence-corrected chi connectivity index (χ1v) is 5.91. The topological polar surface area (TPSA) is 0 Å². The maximum absolute atomic E-state index is 3.88. The zero-order chi connectivity index (χ0) is 10.7. The summed E-state index contributed by atoms with van der Waals surface area (Å²) in [7, 11) is 0. The molecule has 0 nitrogen and oxygen atoms in total. The summed E-state index contributed by atoms with van der Waals surface area (Å²) in [4.78, 5) is 2.70. The molecule has 1 aliphatic rings. The number of hydrogen-bond donors (Lipinski definition) is 0. The SMILES string of the molecule is C=CC1=C(/C=C\C)Sc2ccccc2C1. The predicted octanol–water partition coefficient (Wildman–Crippen LogP) is 4.35. The van der Waals surface area contributed by atoms with E-state index in [1.54, 1.807) is 0 Å². The largest absolute Gasteiger partial charge is 0.0987 e. The molecule has 0 radical (unpaired) electrons. The van der Waals surface area contributed by atoms with Gasteiger partial charge < -0.3 is 0 Å². The molecular formula is C14H14S. The Labute approximate surface area is 95.4 Å². The van der Waals surface area contributed by atoms with E-state index in [-0.39, 0.29) is 0 Å². The molecule has 2 rings (SSSR count). The van der Waals surface area contributed by atoms with E-state index in [0.29, 0.717) is 0 Å². The molecule has 0 fully saturated rings. The van der Waals surface area contributed by atoms with Crippen LogP contribution in [-0.2, 0) is 6.42 Å². The van der Waals surface area contributed by atoms with Gasteiger partial charge in [0, 0.05) is 9.80 Å². The van der Waals surface area contributed by atoms with Crippen LogP contribution in [0.3, 0.4) is 0 Å². The summed E-state index contributed by atoms with van der Waals surface area (Å²) < 4.78 is 0. The monoisotopic (exact) mass is 214 g/mol. The van der Waals surface area contributed by atoms with Crippen molar-refractivity contribution in [2.75, 3.05) is 0 Å². The van der Waals surface area contributed by atoms with Crippen molar-refractivity contribution >= 4 is 11.8 Å². The van der Waals surface area contributed by atoms with Gasteiger partial charge in [-0.3, -0.25) is 0 Å². The van der Waals surface area contributed by atoms with Gasteiger partial charge in [0.25, 0.3) is 0 Å². The van der Waals surface area contributed by atoms with Gasteiger partial charge in [-0.25, -0.2) is 0 Å². The zero-order valence-corrected chi connectivity index (χ0v) is 9.68. The van der Waals surface area contributed by atoms with Crippen LogP contribution >= 0.6 is 11.8 Å². The molecule has 76 valence electrons. The highest BCUT2D eigenvalue weighted by Gasteiger charge is 2.14. The van der Waals surface area contributed by atoms with Crippen molar-refractivity contribution < 1.29 is 0 Å². The average molecular weight is 214 g/mol. The smallest absolute Gasteiger partial charge is 0.0157 e. The van der Waals surface area contributed by atoms with E-state index in [2.05, 4.69) is 49.9 Å². The summed E-state index contributed by atoms with van der Waals surface area (Å²) in [6.45, 7) is 5.94. The van der Waals surface area contributed by atoms with Crippen molar-refractivity contribution in [1.29, 1.82) is 0 Å². The van der Waals surface area contributed by atoms with E-state index in [0.717, 1.165) is 6.42 Å². The number of thioether (sulfide) groups is 1. The summed E-state index contributed by atoms with van der Waals surface area (Å²) in [6.07, 6.45) is 7.22. The van der Waals surface area contributed by atoms with E-state index in [4.69, 9.17) is 0 Å². The average Bonchev–Trinajstić information content (AvgIpc) is 2.28. The maximum atomic E-state index is 3.88. The molecule has 0 atom stereocenters. The highest BCUT2D eigenvalue weighted by atomic mass is 32.2. The second kappa shape index (κ2) is 4.54. The minimum absolute atomic E-state index is 1.01. The lowest BCUT2D eigenvalue weighted by atomic mass is 10.0. The second-order valence-electron chi connectivity index (χ2n) is 3.48. The van der Waals surface area contributed by atoms with Crippen molar-refractivity contribution in [3.63, 3.8) is 0 Å². The quantitative estimate of drug-likeness (QED) is 0.705. The Balaban J connectivity index is 2.41. The standard InChI is InChI=1S/C14H14S/c1-3-7-13-11(4-2)10-12-8-5-6-9-14(12)15-13/h3-9H,2,10H2,1H3/b7-3-. The number of fused-ring (bicyclic) bond motifs is 1. The molecule has 1 aliphatic heterocycles. The molecule has 0 spiro atoms. The van der Waals surface area contributed by atoms with Crippen LogP contribution in [0, 0.1) is 0 Å². The third-order valence-electron chi connectivity index (χ3n) is 2.45. The van der Waals surface area contributed by atoms with Crippen molar-refractivity contribution in [3.05, 3.63) is 65.1 Å². The summed E-state index contributed by atoms with van der Waals surface area (Å²) in [5, 5.41) is 0. The van der Waals surface area contributed by atoms with E-state index in [9.17, 15) is 0 Å². The molecule has 0 saturated carbocycles. The van der Waals surface area contributed by atoms with Gasteiger partial charge in [0.1, 0.15) is 0 Å². The summed E-state index contributed by atoms with van der Waals surface area (Å²) >= 11 is 1.84. The van der Waals surface area contributed by atoms with Gasteiger partial charge in [0.15, 0.2) is 0 Å². The Bertz CT molecular complexity index is 438. The molecule has 0 bridgehead atoms. The second-order valence-corrected chi connectivity index (χ2v) is 4.56. The molecule has 0 aliphatic carbocycles. The number of benzene rings is 1. The van der Waals surface area contributed by atoms with Gasteiger partial charge in [-0.15, -0.1) is 0 Å². The summed E-state index contributed by atoms with van der Waals surface area (Å²) in [6, 6.07) is 8.57. The Morgan fingerprint density at radius 1 is 1.33 bits per heavy atom. The van der Waals surface area contributed by atoms with E-state index < -0.39 is 0 Å². The number of rotatable bonds is 2. The van der Waals surface area contributed by atoms with Gasteiger partial charge in [-0.1, -0.05) is 54.8 Å². The Hall–Kier alpha value is -1.21. The van der Waals surface area contributed by atoms with Gasteiger partial charge in [0.05, 0.1) is 0 Å². The molecule has 1 heterocycles. The lowest BCUT2D eigenvalue weighted by Gasteiger charge is -2.18. The van der Waals surface area contributed by atoms with E-state index >= 15 is 0 Å². The minimum Gasteiger partial charge on any atom is -0.0987 e. The predicted molar refractivity (Wildman–Crippen MR) is 68.0 cm³/mol. The van der Waals surface area contributed by atoms with Crippen LogP contribution in [0.4, 0.5) is 0 Å². The highest BCUT2D eigenvalue weighted by Crippen LogP contribution is 2.38. The van der Waals surface area contributed by atoms with Crippen molar-refractivity contribution in [1.82, 2.24) is 0 Å². The molecule has 15 heavy (non-hydrogen) atoms. The maximum Gasteiger partial charge on any atom is 0.0157 e. The lowest BCUT2D eigenvalue weighted by Crippen LogP contribution is -1.98. The normalized spacial score (nSPS) is 15.5. The van der Waals surface area contributed by atoms with Crippen LogP contribution in [0.25, 0.3) is 0 Å². The molecule has 1 aromatic rings. The molecule has 0 saturated heterocycles. The molecule has 0 aromatic heterocycles. The van der Waals surface area contributed by atoms with Gasteiger partial charge >= 0.3 is 0 Å². The first kappa shape index (κ1) is 10.3. The lowest BCUT2D eigenvalue weighted by molar-refractivity contribution is 1.11. The fourth-order valence-electron chi connectivity index (χ4n) is 1.69. The molecular weight excluding hydrogens is 200 g/mol. The molecule has 1 heteroatoms. The van der Waals surface area contributed by atoms with Crippen molar-refractivity contribution in [2.45, 2.75) is 18.2 Å². The highest BCUT2D eigenvalue weighted by molar-refractivity contribution is 8.03. The first-order chi connectivity index (χ1) is 7.35. The molecule has 1 aromatic carbocycles. The summed E-state index contributed by atoms with van der Waals surface area (Å²) in [5.41, 5.74) is 2.74. The van der Waals surface area contributed by atoms with Crippen LogP contribution in [-0.4, -0.2) is 0 Å². The summed E-state index contributed by atoms with van der Waals surface area (Å²) in [5.74, 6) is 0. The minimum atomic E-state index is 1.01. The fourth-order valence-corrected chi connectivity index (χ4v) is 2.84.